The number of rotatable bonds is 6. The standard InChI is InChI=1S/C16H26N6O2.HI/c1-4-6-17-16(18-12-15(23)20(2)3)22-9-7-21(8-10-22)13-14-5-11-24-19-14;/h4-5,11H,1,6-10,12-13H2,2-3H3,(H,17,18);1H. The molecule has 1 saturated heterocycles. The summed E-state index contributed by atoms with van der Waals surface area (Å²) in [6.07, 6.45) is 3.38. The Labute approximate surface area is 165 Å². The molecular weight excluding hydrogens is 435 g/mol. The second-order valence-electron chi connectivity index (χ2n) is 5.85. The van der Waals surface area contributed by atoms with Crippen LogP contribution in [0.4, 0.5) is 0 Å². The molecule has 0 bridgehead atoms. The van der Waals surface area contributed by atoms with Crippen LogP contribution in [0, 0.1) is 0 Å². The van der Waals surface area contributed by atoms with E-state index >= 15 is 0 Å². The average Bonchev–Trinajstić information content (AvgIpc) is 3.08. The van der Waals surface area contributed by atoms with Gasteiger partial charge in [0.1, 0.15) is 12.8 Å². The summed E-state index contributed by atoms with van der Waals surface area (Å²) in [6, 6.07) is 1.89. The number of halogens is 1. The van der Waals surface area contributed by atoms with Crippen LogP contribution in [-0.2, 0) is 11.3 Å². The van der Waals surface area contributed by atoms with Crippen molar-refractivity contribution in [3.63, 3.8) is 0 Å². The number of likely N-dealkylation sites (N-methyl/N-ethyl adjacent to an activating group) is 1. The molecule has 0 saturated carbocycles. The zero-order valence-electron chi connectivity index (χ0n) is 14.8. The van der Waals surface area contributed by atoms with Crippen LogP contribution in [0.3, 0.4) is 0 Å². The molecule has 140 valence electrons. The van der Waals surface area contributed by atoms with E-state index in [-0.39, 0.29) is 36.4 Å². The summed E-state index contributed by atoms with van der Waals surface area (Å²) in [7, 11) is 3.47. The highest BCUT2D eigenvalue weighted by Crippen LogP contribution is 2.07. The minimum absolute atomic E-state index is 0. The van der Waals surface area contributed by atoms with E-state index in [0.717, 1.165) is 44.4 Å². The van der Waals surface area contributed by atoms with Gasteiger partial charge in [0.15, 0.2) is 5.96 Å². The summed E-state index contributed by atoms with van der Waals surface area (Å²) in [4.78, 5) is 22.3. The lowest BCUT2D eigenvalue weighted by molar-refractivity contribution is -0.127. The molecule has 1 amide bonds. The fraction of sp³-hybridized carbons (Fsp3) is 0.562. The monoisotopic (exact) mass is 462 g/mol. The molecular formula is C16H27IN6O2. The topological polar surface area (TPSA) is 77.2 Å². The number of carbonyl (C=O) groups is 1. The van der Waals surface area contributed by atoms with E-state index < -0.39 is 0 Å². The Morgan fingerprint density at radius 2 is 2.16 bits per heavy atom. The maximum atomic E-state index is 11.8. The van der Waals surface area contributed by atoms with Crippen molar-refractivity contribution in [2.45, 2.75) is 6.54 Å². The Hall–Kier alpha value is -1.62. The number of nitrogens with zero attached hydrogens (tertiary/aromatic N) is 5. The normalized spacial score (nSPS) is 15.4. The summed E-state index contributed by atoms with van der Waals surface area (Å²) < 4.78 is 4.87. The highest BCUT2D eigenvalue weighted by molar-refractivity contribution is 14.0. The van der Waals surface area contributed by atoms with E-state index in [1.807, 2.05) is 6.07 Å². The maximum Gasteiger partial charge on any atom is 0.243 e. The van der Waals surface area contributed by atoms with Gasteiger partial charge in [0.05, 0.1) is 5.69 Å². The molecule has 1 N–H and O–H groups in total. The summed E-state index contributed by atoms with van der Waals surface area (Å²) in [5.74, 6) is 0.740. The zero-order valence-corrected chi connectivity index (χ0v) is 17.2. The van der Waals surface area contributed by atoms with Crippen molar-refractivity contribution in [1.29, 1.82) is 0 Å². The fourth-order valence-electron chi connectivity index (χ4n) is 2.38. The first-order valence-corrected chi connectivity index (χ1v) is 8.06. The minimum Gasteiger partial charge on any atom is -0.364 e. The first-order valence-electron chi connectivity index (χ1n) is 8.06. The van der Waals surface area contributed by atoms with Crippen LogP contribution in [-0.4, -0.2) is 85.1 Å². The first-order chi connectivity index (χ1) is 11.6. The Balaban J connectivity index is 0.00000312. The summed E-state index contributed by atoms with van der Waals surface area (Å²) in [5, 5.41) is 7.19. The van der Waals surface area contributed by atoms with Crippen molar-refractivity contribution < 1.29 is 9.32 Å². The Bertz CT molecular complexity index is 553. The van der Waals surface area contributed by atoms with E-state index in [9.17, 15) is 4.79 Å². The lowest BCUT2D eigenvalue weighted by Gasteiger charge is -2.36. The molecule has 2 heterocycles. The molecule has 25 heavy (non-hydrogen) atoms. The van der Waals surface area contributed by atoms with E-state index in [2.05, 4.69) is 31.8 Å². The lowest BCUT2D eigenvalue weighted by Crippen LogP contribution is -2.52. The fourth-order valence-corrected chi connectivity index (χ4v) is 2.38. The summed E-state index contributed by atoms with van der Waals surface area (Å²) in [5.41, 5.74) is 0.943. The van der Waals surface area contributed by atoms with Crippen LogP contribution in [0.15, 0.2) is 34.5 Å². The molecule has 1 aliphatic rings. The number of piperazine rings is 1. The predicted octanol–water partition coefficient (Wildman–Crippen LogP) is 0.630. The maximum absolute atomic E-state index is 11.8. The second-order valence-corrected chi connectivity index (χ2v) is 5.85. The number of carbonyl (C=O) groups excluding carboxylic acids is 1. The number of nitrogens with one attached hydrogen (secondary N) is 1. The molecule has 0 aromatic carbocycles. The third-order valence-corrected chi connectivity index (χ3v) is 3.82. The molecule has 0 unspecified atom stereocenters. The Kier molecular flexibility index (Phi) is 9.50. The second kappa shape index (κ2) is 11.1. The van der Waals surface area contributed by atoms with E-state index in [1.165, 1.54) is 0 Å². The SMILES string of the molecule is C=CCNC(=NCC(=O)N(C)C)N1CCN(Cc2ccon2)CC1.I. The quantitative estimate of drug-likeness (QED) is 0.289. The molecule has 9 heteroatoms. The third kappa shape index (κ3) is 7.02. The van der Waals surface area contributed by atoms with Gasteiger partial charge in [-0.15, -0.1) is 30.6 Å². The van der Waals surface area contributed by atoms with Gasteiger partial charge >= 0.3 is 0 Å². The minimum atomic E-state index is -0.0161. The van der Waals surface area contributed by atoms with Crippen molar-refractivity contribution in [2.75, 3.05) is 53.4 Å². The average molecular weight is 462 g/mol. The molecule has 2 rings (SSSR count). The molecule has 1 aromatic heterocycles. The van der Waals surface area contributed by atoms with Crippen LogP contribution in [0.25, 0.3) is 0 Å². The van der Waals surface area contributed by atoms with Crippen molar-refractivity contribution in [1.82, 2.24) is 25.2 Å². The molecule has 1 aliphatic heterocycles. The van der Waals surface area contributed by atoms with Crippen LogP contribution in [0.5, 0.6) is 0 Å². The lowest BCUT2D eigenvalue weighted by atomic mass is 10.3. The van der Waals surface area contributed by atoms with Crippen LogP contribution in [0.1, 0.15) is 5.69 Å². The van der Waals surface area contributed by atoms with Gasteiger partial charge in [-0.25, -0.2) is 4.99 Å². The van der Waals surface area contributed by atoms with Gasteiger partial charge in [-0.05, 0) is 0 Å². The van der Waals surface area contributed by atoms with Crippen molar-refractivity contribution in [2.24, 2.45) is 4.99 Å². The summed E-state index contributed by atoms with van der Waals surface area (Å²) in [6.45, 7) is 8.77. The van der Waals surface area contributed by atoms with Crippen molar-refractivity contribution in [3.05, 3.63) is 30.7 Å². The van der Waals surface area contributed by atoms with Crippen molar-refractivity contribution in [3.8, 4) is 0 Å². The number of aromatic nitrogens is 1. The molecule has 1 aromatic rings. The van der Waals surface area contributed by atoms with E-state index in [1.54, 1.807) is 31.3 Å². The van der Waals surface area contributed by atoms with Crippen LogP contribution >= 0.6 is 24.0 Å². The smallest absolute Gasteiger partial charge is 0.243 e. The Morgan fingerprint density at radius 3 is 2.72 bits per heavy atom. The van der Waals surface area contributed by atoms with Crippen molar-refractivity contribution >= 4 is 35.8 Å². The number of hydrogen-bond acceptors (Lipinski definition) is 5. The van der Waals surface area contributed by atoms with Crippen LogP contribution < -0.4 is 5.32 Å². The van der Waals surface area contributed by atoms with Gasteiger partial charge in [-0.2, -0.15) is 0 Å². The van der Waals surface area contributed by atoms with Gasteiger partial charge in [-0.1, -0.05) is 11.2 Å². The Morgan fingerprint density at radius 1 is 1.44 bits per heavy atom. The molecule has 0 radical (unpaired) electrons. The zero-order chi connectivity index (χ0) is 17.4. The first kappa shape index (κ1) is 21.4. The largest absolute Gasteiger partial charge is 0.364 e. The van der Waals surface area contributed by atoms with Gasteiger partial charge in [0, 0.05) is 59.4 Å². The summed E-state index contributed by atoms with van der Waals surface area (Å²) >= 11 is 0. The van der Waals surface area contributed by atoms with Crippen LogP contribution in [0.2, 0.25) is 0 Å². The third-order valence-electron chi connectivity index (χ3n) is 3.82. The highest BCUT2D eigenvalue weighted by atomic mass is 127. The van der Waals surface area contributed by atoms with Gasteiger partial charge < -0.3 is 19.6 Å². The molecule has 8 nitrogen and oxygen atoms in total. The number of hydrogen-bond donors (Lipinski definition) is 1. The number of guanidine groups is 1. The number of amides is 1. The molecule has 0 spiro atoms. The molecule has 1 fully saturated rings. The van der Waals surface area contributed by atoms with Gasteiger partial charge in [-0.3, -0.25) is 9.69 Å². The van der Waals surface area contributed by atoms with Gasteiger partial charge in [0.25, 0.3) is 0 Å². The molecule has 0 atom stereocenters. The predicted molar refractivity (Wildman–Crippen MR) is 108 cm³/mol. The number of aliphatic imine (C=N–C) groups is 1. The van der Waals surface area contributed by atoms with E-state index in [4.69, 9.17) is 4.52 Å². The highest BCUT2D eigenvalue weighted by Gasteiger charge is 2.20. The van der Waals surface area contributed by atoms with Gasteiger partial charge in [0.2, 0.25) is 5.91 Å². The molecule has 0 aliphatic carbocycles. The van der Waals surface area contributed by atoms with E-state index in [0.29, 0.717) is 6.54 Å².